The van der Waals surface area contributed by atoms with Gasteiger partial charge in [0.2, 0.25) is 5.91 Å². The first-order valence-electron chi connectivity index (χ1n) is 6.59. The molecular formula is C15H21NOS. The molecule has 98 valence electrons. The highest BCUT2D eigenvalue weighted by Crippen LogP contribution is 2.39. The molecule has 1 aliphatic rings. The summed E-state index contributed by atoms with van der Waals surface area (Å²) in [7, 11) is 0. The molecule has 2 nitrogen and oxygen atoms in total. The van der Waals surface area contributed by atoms with E-state index >= 15 is 0 Å². The van der Waals surface area contributed by atoms with Crippen LogP contribution < -0.4 is 5.32 Å². The van der Waals surface area contributed by atoms with Crippen molar-refractivity contribution in [3.8, 4) is 0 Å². The van der Waals surface area contributed by atoms with Crippen molar-refractivity contribution in [3.63, 3.8) is 0 Å². The van der Waals surface area contributed by atoms with Crippen LogP contribution in [0.15, 0.2) is 30.3 Å². The Morgan fingerprint density at radius 2 is 2.06 bits per heavy atom. The van der Waals surface area contributed by atoms with Crippen molar-refractivity contribution >= 4 is 18.5 Å². The van der Waals surface area contributed by atoms with Crippen LogP contribution in [0.4, 0.5) is 0 Å². The lowest BCUT2D eigenvalue weighted by molar-refractivity contribution is -0.121. The van der Waals surface area contributed by atoms with Gasteiger partial charge in [0.1, 0.15) is 0 Å². The van der Waals surface area contributed by atoms with Gasteiger partial charge >= 0.3 is 0 Å². The normalized spacial score (nSPS) is 18.8. The summed E-state index contributed by atoms with van der Waals surface area (Å²) in [5.74, 6) is 0.0512. The SMILES string of the molecule is CC1(CNC(=O)C(S)Cc2ccccc2)CCC1. The quantitative estimate of drug-likeness (QED) is 0.786. The fourth-order valence-electron chi connectivity index (χ4n) is 2.31. The second-order valence-corrected chi connectivity index (χ2v) is 6.21. The zero-order valence-corrected chi connectivity index (χ0v) is 11.7. The average molecular weight is 263 g/mol. The van der Waals surface area contributed by atoms with Gasteiger partial charge < -0.3 is 5.32 Å². The number of rotatable bonds is 5. The minimum Gasteiger partial charge on any atom is -0.355 e. The second-order valence-electron chi connectivity index (χ2n) is 5.59. The number of amides is 1. The zero-order valence-electron chi connectivity index (χ0n) is 10.9. The Morgan fingerprint density at radius 3 is 2.61 bits per heavy atom. The standard InChI is InChI=1S/C15H21NOS/c1-15(8-5-9-15)11-16-14(17)13(18)10-12-6-3-2-4-7-12/h2-4,6-7,13,18H,5,8-11H2,1H3,(H,16,17). The molecular weight excluding hydrogens is 242 g/mol. The van der Waals surface area contributed by atoms with E-state index in [1.807, 2.05) is 30.3 Å². The first kappa shape index (κ1) is 13.5. The molecule has 3 heteroatoms. The Hall–Kier alpha value is -0.960. The lowest BCUT2D eigenvalue weighted by Gasteiger charge is -2.38. The highest BCUT2D eigenvalue weighted by atomic mass is 32.1. The molecule has 0 radical (unpaired) electrons. The van der Waals surface area contributed by atoms with Gasteiger partial charge in [-0.25, -0.2) is 0 Å². The summed E-state index contributed by atoms with van der Waals surface area (Å²) in [5.41, 5.74) is 1.48. The van der Waals surface area contributed by atoms with Crippen LogP contribution in [-0.2, 0) is 11.2 Å². The van der Waals surface area contributed by atoms with Gasteiger partial charge in [0.15, 0.2) is 0 Å². The van der Waals surface area contributed by atoms with Crippen LogP contribution in [0.25, 0.3) is 0 Å². The molecule has 1 fully saturated rings. The lowest BCUT2D eigenvalue weighted by atomic mass is 9.70. The average Bonchev–Trinajstić information content (AvgIpc) is 2.34. The molecule has 0 spiro atoms. The molecule has 1 aromatic carbocycles. The number of hydrogen-bond acceptors (Lipinski definition) is 2. The van der Waals surface area contributed by atoms with Crippen molar-refractivity contribution in [3.05, 3.63) is 35.9 Å². The molecule has 1 atom stereocenters. The van der Waals surface area contributed by atoms with Crippen LogP contribution in [0, 0.1) is 5.41 Å². The zero-order chi connectivity index (χ0) is 13.0. The summed E-state index contributed by atoms with van der Waals surface area (Å²) < 4.78 is 0. The summed E-state index contributed by atoms with van der Waals surface area (Å²) in [6, 6.07) is 10.0. The number of benzene rings is 1. The van der Waals surface area contributed by atoms with Crippen molar-refractivity contribution in [2.45, 2.75) is 37.9 Å². The molecule has 1 aliphatic carbocycles. The van der Waals surface area contributed by atoms with E-state index in [2.05, 4.69) is 24.9 Å². The van der Waals surface area contributed by atoms with Gasteiger partial charge in [-0.3, -0.25) is 4.79 Å². The largest absolute Gasteiger partial charge is 0.355 e. The molecule has 0 heterocycles. The summed E-state index contributed by atoms with van der Waals surface area (Å²) in [6.07, 6.45) is 4.43. The molecule has 1 aromatic rings. The molecule has 0 aromatic heterocycles. The van der Waals surface area contributed by atoms with Gasteiger partial charge in [0.05, 0.1) is 5.25 Å². The minimum atomic E-state index is -0.254. The summed E-state index contributed by atoms with van der Waals surface area (Å²) >= 11 is 4.40. The Balaban J connectivity index is 1.78. The Bertz CT molecular complexity index is 400. The first-order valence-corrected chi connectivity index (χ1v) is 7.10. The van der Waals surface area contributed by atoms with Gasteiger partial charge in [-0.2, -0.15) is 12.6 Å². The van der Waals surface area contributed by atoms with E-state index in [-0.39, 0.29) is 11.2 Å². The van der Waals surface area contributed by atoms with E-state index in [0.717, 1.165) is 12.1 Å². The topological polar surface area (TPSA) is 29.1 Å². The van der Waals surface area contributed by atoms with Crippen molar-refractivity contribution < 1.29 is 4.79 Å². The van der Waals surface area contributed by atoms with Crippen LogP contribution in [-0.4, -0.2) is 17.7 Å². The fraction of sp³-hybridized carbons (Fsp3) is 0.533. The maximum atomic E-state index is 11.9. The van der Waals surface area contributed by atoms with E-state index in [1.54, 1.807) is 0 Å². The highest BCUT2D eigenvalue weighted by Gasteiger charge is 2.32. The molecule has 2 rings (SSSR count). The fourth-order valence-corrected chi connectivity index (χ4v) is 2.61. The third-order valence-electron chi connectivity index (χ3n) is 3.82. The first-order chi connectivity index (χ1) is 8.59. The van der Waals surface area contributed by atoms with Crippen molar-refractivity contribution in [1.82, 2.24) is 5.32 Å². The van der Waals surface area contributed by atoms with Crippen LogP contribution in [0.3, 0.4) is 0 Å². The minimum absolute atomic E-state index is 0.0512. The van der Waals surface area contributed by atoms with E-state index < -0.39 is 0 Å². The molecule has 0 aliphatic heterocycles. The smallest absolute Gasteiger partial charge is 0.233 e. The molecule has 0 bridgehead atoms. The third-order valence-corrected chi connectivity index (χ3v) is 4.24. The van der Waals surface area contributed by atoms with Crippen LogP contribution in [0.2, 0.25) is 0 Å². The number of thiol groups is 1. The maximum absolute atomic E-state index is 11.9. The van der Waals surface area contributed by atoms with Gasteiger partial charge in [-0.15, -0.1) is 0 Å². The summed E-state index contributed by atoms with van der Waals surface area (Å²) in [5, 5.41) is 2.78. The Labute approximate surface area is 115 Å². The van der Waals surface area contributed by atoms with Crippen LogP contribution >= 0.6 is 12.6 Å². The number of hydrogen-bond donors (Lipinski definition) is 2. The van der Waals surface area contributed by atoms with E-state index in [4.69, 9.17) is 0 Å². The summed E-state index contributed by atoms with van der Waals surface area (Å²) in [6.45, 7) is 3.03. The molecule has 1 N–H and O–H groups in total. The van der Waals surface area contributed by atoms with Crippen LogP contribution in [0.1, 0.15) is 31.7 Å². The number of carbonyl (C=O) groups excluding carboxylic acids is 1. The number of nitrogens with one attached hydrogen (secondary N) is 1. The van der Waals surface area contributed by atoms with Crippen molar-refractivity contribution in [2.75, 3.05) is 6.54 Å². The van der Waals surface area contributed by atoms with Gasteiger partial charge in [-0.05, 0) is 30.2 Å². The van der Waals surface area contributed by atoms with Crippen LogP contribution in [0.5, 0.6) is 0 Å². The van der Waals surface area contributed by atoms with Gasteiger partial charge in [0, 0.05) is 6.54 Å². The van der Waals surface area contributed by atoms with Gasteiger partial charge in [0.25, 0.3) is 0 Å². The van der Waals surface area contributed by atoms with Crippen molar-refractivity contribution in [2.24, 2.45) is 5.41 Å². The molecule has 1 unspecified atom stereocenters. The monoisotopic (exact) mass is 263 g/mol. The van der Waals surface area contributed by atoms with Gasteiger partial charge in [-0.1, -0.05) is 43.7 Å². The van der Waals surface area contributed by atoms with E-state index in [9.17, 15) is 4.79 Å². The number of carbonyl (C=O) groups is 1. The van der Waals surface area contributed by atoms with E-state index in [0.29, 0.717) is 11.8 Å². The van der Waals surface area contributed by atoms with E-state index in [1.165, 1.54) is 19.3 Å². The predicted octanol–water partition coefficient (Wildman–Crippen LogP) is 2.83. The maximum Gasteiger partial charge on any atom is 0.233 e. The Kier molecular flexibility index (Phi) is 4.33. The highest BCUT2D eigenvalue weighted by molar-refractivity contribution is 7.81. The summed E-state index contributed by atoms with van der Waals surface area (Å²) in [4.78, 5) is 11.9. The van der Waals surface area contributed by atoms with Crippen molar-refractivity contribution in [1.29, 1.82) is 0 Å². The molecule has 0 saturated heterocycles. The second kappa shape index (κ2) is 5.79. The molecule has 1 saturated carbocycles. The Morgan fingerprint density at radius 1 is 1.39 bits per heavy atom. The molecule has 1 amide bonds. The third kappa shape index (κ3) is 3.52. The lowest BCUT2D eigenvalue weighted by Crippen LogP contribution is -2.43. The molecule has 18 heavy (non-hydrogen) atoms. The predicted molar refractivity (Wildman–Crippen MR) is 77.9 cm³/mol.